The van der Waals surface area contributed by atoms with Crippen molar-refractivity contribution in [1.29, 1.82) is 0 Å². The number of imidazole rings is 1. The Balaban J connectivity index is 1.83. The fraction of sp³-hybridized carbons (Fsp3) is 0.118. The molecule has 0 saturated heterocycles. The monoisotopic (exact) mass is 412 g/mol. The van der Waals surface area contributed by atoms with Gasteiger partial charge in [-0.05, 0) is 24.3 Å². The van der Waals surface area contributed by atoms with E-state index in [4.69, 9.17) is 39.6 Å². The lowest BCUT2D eigenvalue weighted by Crippen LogP contribution is -2.12. The van der Waals surface area contributed by atoms with Crippen molar-refractivity contribution in [2.24, 2.45) is 5.16 Å². The highest BCUT2D eigenvalue weighted by molar-refractivity contribution is 6.35. The maximum atomic E-state index is 13.3. The molecule has 0 bridgehead atoms. The number of aromatic nitrogens is 3. The summed E-state index contributed by atoms with van der Waals surface area (Å²) in [6.07, 6.45) is 6.51. The minimum atomic E-state index is -0.432. The molecular weight excluding hydrogens is 402 g/mol. The Labute approximate surface area is 164 Å². The van der Waals surface area contributed by atoms with Crippen LogP contribution in [0.15, 0.2) is 54.3 Å². The van der Waals surface area contributed by atoms with Crippen molar-refractivity contribution in [2.75, 3.05) is 0 Å². The third-order valence-corrected chi connectivity index (χ3v) is 4.24. The lowest BCUT2D eigenvalue weighted by atomic mass is 10.1. The molecular formula is C17H12Cl3FN4O. The van der Waals surface area contributed by atoms with Gasteiger partial charge in [-0.2, -0.15) is 0 Å². The van der Waals surface area contributed by atoms with Gasteiger partial charge in [-0.3, -0.25) is 4.98 Å². The Kier molecular flexibility index (Phi) is 6.08. The average molecular weight is 414 g/mol. The molecule has 0 aliphatic carbocycles. The number of benzene rings is 1. The van der Waals surface area contributed by atoms with Gasteiger partial charge < -0.3 is 9.40 Å². The Morgan fingerprint density at radius 1 is 1.19 bits per heavy atom. The van der Waals surface area contributed by atoms with Crippen molar-refractivity contribution in [3.05, 3.63) is 81.3 Å². The van der Waals surface area contributed by atoms with Gasteiger partial charge in [0, 0.05) is 24.2 Å². The second kappa shape index (κ2) is 8.49. The van der Waals surface area contributed by atoms with Crippen LogP contribution in [0.3, 0.4) is 0 Å². The molecule has 3 aromatic rings. The molecule has 0 spiro atoms. The number of hydrogen-bond acceptors (Lipinski definition) is 4. The molecule has 0 unspecified atom stereocenters. The van der Waals surface area contributed by atoms with E-state index in [1.807, 2.05) is 0 Å². The number of halogens is 4. The van der Waals surface area contributed by atoms with E-state index in [0.29, 0.717) is 33.6 Å². The summed E-state index contributed by atoms with van der Waals surface area (Å²) in [6, 6.07) is 5.65. The summed E-state index contributed by atoms with van der Waals surface area (Å²) in [4.78, 5) is 13.5. The topological polar surface area (TPSA) is 52.3 Å². The van der Waals surface area contributed by atoms with E-state index in [9.17, 15) is 4.39 Å². The summed E-state index contributed by atoms with van der Waals surface area (Å²) in [7, 11) is 0. The molecule has 0 saturated carbocycles. The lowest BCUT2D eigenvalue weighted by Gasteiger charge is -2.10. The smallest absolute Gasteiger partial charge is 0.160 e. The number of rotatable bonds is 6. The molecule has 9 heteroatoms. The third kappa shape index (κ3) is 4.72. The maximum absolute atomic E-state index is 13.3. The van der Waals surface area contributed by atoms with Crippen molar-refractivity contribution in [3.8, 4) is 0 Å². The first-order valence-electron chi connectivity index (χ1n) is 7.43. The highest BCUT2D eigenvalue weighted by atomic mass is 35.5. The highest BCUT2D eigenvalue weighted by Gasteiger charge is 2.12. The van der Waals surface area contributed by atoms with Crippen molar-refractivity contribution in [2.45, 2.75) is 13.2 Å². The zero-order valence-electron chi connectivity index (χ0n) is 13.2. The van der Waals surface area contributed by atoms with Crippen LogP contribution in [0, 0.1) is 5.82 Å². The van der Waals surface area contributed by atoms with Gasteiger partial charge >= 0.3 is 0 Å². The molecule has 0 aliphatic heterocycles. The van der Waals surface area contributed by atoms with Crippen molar-refractivity contribution in [3.63, 3.8) is 0 Å². The molecule has 0 amide bonds. The van der Waals surface area contributed by atoms with Gasteiger partial charge in [0.15, 0.2) is 6.61 Å². The standard InChI is InChI=1S/C17H12Cl3FN4O/c18-11-5-15(20)17(23-7-11)9-26-24-16(8-25-4-3-22-10-25)13-2-1-12(21)6-14(13)19/h1-7,10H,8-9H2. The maximum Gasteiger partial charge on any atom is 0.160 e. The zero-order chi connectivity index (χ0) is 18.5. The van der Waals surface area contributed by atoms with E-state index in [-0.39, 0.29) is 11.6 Å². The molecule has 134 valence electrons. The van der Waals surface area contributed by atoms with E-state index < -0.39 is 5.82 Å². The predicted molar refractivity (Wildman–Crippen MR) is 99.2 cm³/mol. The molecule has 0 N–H and O–H groups in total. The average Bonchev–Trinajstić information content (AvgIpc) is 3.09. The fourth-order valence-corrected chi connectivity index (χ4v) is 2.87. The van der Waals surface area contributed by atoms with Gasteiger partial charge in [0.25, 0.3) is 0 Å². The third-order valence-electron chi connectivity index (χ3n) is 3.39. The first-order valence-corrected chi connectivity index (χ1v) is 8.56. The second-order valence-electron chi connectivity index (χ2n) is 5.25. The molecule has 0 radical (unpaired) electrons. The fourth-order valence-electron chi connectivity index (χ4n) is 2.16. The number of hydrogen-bond donors (Lipinski definition) is 0. The molecule has 3 rings (SSSR count). The molecule has 0 fully saturated rings. The summed E-state index contributed by atoms with van der Waals surface area (Å²) in [5, 5.41) is 5.19. The van der Waals surface area contributed by atoms with Crippen LogP contribution in [0.4, 0.5) is 4.39 Å². The Morgan fingerprint density at radius 3 is 2.73 bits per heavy atom. The Hall–Kier alpha value is -2.15. The summed E-state index contributed by atoms with van der Waals surface area (Å²) in [6.45, 7) is 0.384. The van der Waals surface area contributed by atoms with E-state index in [2.05, 4.69) is 15.1 Å². The SMILES string of the molecule is Fc1ccc(C(Cn2ccnc2)=NOCc2ncc(Cl)cc2Cl)c(Cl)c1. The first kappa shape index (κ1) is 18.6. The molecule has 5 nitrogen and oxygen atoms in total. The van der Waals surface area contributed by atoms with Gasteiger partial charge in [-0.1, -0.05) is 40.0 Å². The van der Waals surface area contributed by atoms with Gasteiger partial charge in [0.2, 0.25) is 0 Å². The summed E-state index contributed by atoms with van der Waals surface area (Å²) < 4.78 is 15.1. The van der Waals surface area contributed by atoms with E-state index in [0.717, 1.165) is 0 Å². The summed E-state index contributed by atoms with van der Waals surface area (Å²) >= 11 is 18.0. The normalized spacial score (nSPS) is 11.6. The van der Waals surface area contributed by atoms with Gasteiger partial charge in [-0.25, -0.2) is 9.37 Å². The second-order valence-corrected chi connectivity index (χ2v) is 6.50. The molecule has 2 aromatic heterocycles. The van der Waals surface area contributed by atoms with Crippen molar-refractivity contribution in [1.82, 2.24) is 14.5 Å². The van der Waals surface area contributed by atoms with Crippen LogP contribution >= 0.6 is 34.8 Å². The van der Waals surface area contributed by atoms with Crippen LogP contribution in [0.1, 0.15) is 11.3 Å². The number of pyridine rings is 1. The van der Waals surface area contributed by atoms with Crippen molar-refractivity contribution >= 4 is 40.5 Å². The quantitative estimate of drug-likeness (QED) is 0.422. The van der Waals surface area contributed by atoms with Gasteiger partial charge in [0.1, 0.15) is 11.5 Å². The molecule has 0 atom stereocenters. The largest absolute Gasteiger partial charge is 0.389 e. The highest BCUT2D eigenvalue weighted by Crippen LogP contribution is 2.21. The van der Waals surface area contributed by atoms with Crippen LogP contribution < -0.4 is 0 Å². The number of oxime groups is 1. The minimum absolute atomic E-state index is 0.0439. The van der Waals surface area contributed by atoms with E-state index in [1.165, 1.54) is 18.3 Å². The van der Waals surface area contributed by atoms with Crippen LogP contribution in [0.5, 0.6) is 0 Å². The van der Waals surface area contributed by atoms with E-state index >= 15 is 0 Å². The first-order chi connectivity index (χ1) is 12.5. The van der Waals surface area contributed by atoms with Crippen LogP contribution in [-0.4, -0.2) is 20.2 Å². The zero-order valence-corrected chi connectivity index (χ0v) is 15.5. The number of nitrogens with zero attached hydrogens (tertiary/aromatic N) is 4. The summed E-state index contributed by atoms with van der Waals surface area (Å²) in [5.41, 5.74) is 1.54. The van der Waals surface area contributed by atoms with E-state index in [1.54, 1.807) is 35.4 Å². The Bertz CT molecular complexity index is 932. The molecule has 26 heavy (non-hydrogen) atoms. The van der Waals surface area contributed by atoms with Gasteiger partial charge in [-0.15, -0.1) is 0 Å². The van der Waals surface area contributed by atoms with Crippen LogP contribution in [-0.2, 0) is 18.0 Å². The van der Waals surface area contributed by atoms with Crippen LogP contribution in [0.2, 0.25) is 15.1 Å². The molecule has 1 aromatic carbocycles. The van der Waals surface area contributed by atoms with Crippen LogP contribution in [0.25, 0.3) is 0 Å². The van der Waals surface area contributed by atoms with Crippen molar-refractivity contribution < 1.29 is 9.23 Å². The van der Waals surface area contributed by atoms with Gasteiger partial charge in [0.05, 0.1) is 33.6 Å². The molecule has 0 aliphatic rings. The predicted octanol–water partition coefficient (Wildman–Crippen LogP) is 5.00. The lowest BCUT2D eigenvalue weighted by molar-refractivity contribution is 0.127. The Morgan fingerprint density at radius 2 is 2.04 bits per heavy atom. The summed E-state index contributed by atoms with van der Waals surface area (Å²) in [5.74, 6) is -0.432. The molecule has 2 heterocycles. The minimum Gasteiger partial charge on any atom is -0.389 e.